The van der Waals surface area contributed by atoms with E-state index in [1.165, 1.54) is 0 Å². The number of hydrogen-bond acceptors (Lipinski definition) is 5. The molecule has 1 heterocycles. The van der Waals surface area contributed by atoms with Crippen molar-refractivity contribution in [1.82, 2.24) is 4.98 Å². The van der Waals surface area contributed by atoms with E-state index in [-0.39, 0.29) is 23.2 Å². The Morgan fingerprint density at radius 3 is 2.48 bits per heavy atom. The fourth-order valence-electron chi connectivity index (χ4n) is 2.70. The van der Waals surface area contributed by atoms with Crippen LogP contribution in [0.3, 0.4) is 0 Å². The Balaban J connectivity index is 2.30. The predicted molar refractivity (Wildman–Crippen MR) is 106 cm³/mol. The van der Waals surface area contributed by atoms with Gasteiger partial charge in [-0.1, -0.05) is 50.6 Å². The van der Waals surface area contributed by atoms with Crippen LogP contribution in [0.4, 0.5) is 11.5 Å². The van der Waals surface area contributed by atoms with Crippen molar-refractivity contribution in [2.75, 3.05) is 10.6 Å². The van der Waals surface area contributed by atoms with Gasteiger partial charge in [0.25, 0.3) is 0 Å². The van der Waals surface area contributed by atoms with Gasteiger partial charge in [-0.3, -0.25) is 9.59 Å². The minimum absolute atomic E-state index is 0.0207. The molecule has 2 N–H and O–H groups in total. The summed E-state index contributed by atoms with van der Waals surface area (Å²) in [5.74, 6) is 0.0756. The van der Waals surface area contributed by atoms with E-state index >= 15 is 0 Å². The molecule has 2 rings (SSSR count). The van der Waals surface area contributed by atoms with Gasteiger partial charge < -0.3 is 10.6 Å². The second kappa shape index (κ2) is 10.1. The van der Waals surface area contributed by atoms with Crippen LogP contribution in [0.1, 0.15) is 55.6 Å². The number of carbonyl (C=O) groups is 2. The number of pyridine rings is 1. The van der Waals surface area contributed by atoms with Gasteiger partial charge in [-0.05, 0) is 25.0 Å². The Hall–Kier alpha value is -3.20. The molecule has 1 unspecified atom stereocenters. The maximum Gasteiger partial charge on any atom is 0.225 e. The number of aromatic nitrogens is 1. The highest BCUT2D eigenvalue weighted by Gasteiger charge is 2.21. The Labute approximate surface area is 159 Å². The molecule has 0 radical (unpaired) electrons. The molecule has 0 aliphatic rings. The molecule has 2 aromatic rings. The number of nitriles is 1. The Kier molecular flexibility index (Phi) is 7.50. The molecule has 0 aliphatic heterocycles. The predicted octanol–water partition coefficient (Wildman–Crippen LogP) is 4.16. The largest absolute Gasteiger partial charge is 0.372 e. The Bertz CT molecular complexity index is 828. The van der Waals surface area contributed by atoms with E-state index in [0.717, 1.165) is 6.42 Å². The molecule has 0 aliphatic carbocycles. The number of nitrogens with one attached hydrogen (secondary N) is 2. The second-order valence-electron chi connectivity index (χ2n) is 6.22. The molecular weight excluding hydrogens is 340 g/mol. The summed E-state index contributed by atoms with van der Waals surface area (Å²) in [6, 6.07) is 13.9. The summed E-state index contributed by atoms with van der Waals surface area (Å²) in [6.07, 6.45) is 2.52. The van der Waals surface area contributed by atoms with Crippen LogP contribution in [0.15, 0.2) is 42.5 Å². The zero-order valence-electron chi connectivity index (χ0n) is 15.7. The van der Waals surface area contributed by atoms with E-state index in [0.29, 0.717) is 30.5 Å². The van der Waals surface area contributed by atoms with Gasteiger partial charge in [0, 0.05) is 12.0 Å². The average molecular weight is 364 g/mol. The molecule has 0 fully saturated rings. The summed E-state index contributed by atoms with van der Waals surface area (Å²) < 4.78 is 0. The lowest BCUT2D eigenvalue weighted by molar-refractivity contribution is -0.116. The summed E-state index contributed by atoms with van der Waals surface area (Å²) in [5, 5.41) is 15.0. The highest BCUT2D eigenvalue weighted by molar-refractivity contribution is 6.02. The van der Waals surface area contributed by atoms with Gasteiger partial charge in [-0.15, -0.1) is 0 Å². The number of nitrogens with zero attached hydrogens (tertiary/aromatic N) is 2. The van der Waals surface area contributed by atoms with Crippen molar-refractivity contribution in [3.05, 3.63) is 53.7 Å². The lowest BCUT2D eigenvalue weighted by atomic mass is 10.00. The number of carbonyl (C=O) groups excluding carboxylic acids is 2. The third-order valence-corrected chi connectivity index (χ3v) is 4.03. The Morgan fingerprint density at radius 1 is 1.11 bits per heavy atom. The van der Waals surface area contributed by atoms with Crippen molar-refractivity contribution in [1.29, 1.82) is 5.26 Å². The van der Waals surface area contributed by atoms with E-state index in [1.54, 1.807) is 24.3 Å². The summed E-state index contributed by atoms with van der Waals surface area (Å²) in [6.45, 7) is 3.92. The molecule has 6 nitrogen and oxygen atoms in total. The number of anilines is 2. The molecule has 6 heteroatoms. The van der Waals surface area contributed by atoms with E-state index in [4.69, 9.17) is 5.26 Å². The molecule has 0 bridgehead atoms. The number of hydrogen-bond donors (Lipinski definition) is 2. The second-order valence-corrected chi connectivity index (χ2v) is 6.22. The van der Waals surface area contributed by atoms with Crippen molar-refractivity contribution in [2.45, 2.75) is 45.6 Å². The zero-order chi connectivity index (χ0) is 19.6. The van der Waals surface area contributed by atoms with E-state index in [9.17, 15) is 9.59 Å². The molecule has 1 aromatic carbocycles. The number of ketones is 1. The molecule has 0 spiro atoms. The highest BCUT2D eigenvalue weighted by Crippen LogP contribution is 2.23. The van der Waals surface area contributed by atoms with Gasteiger partial charge >= 0.3 is 0 Å². The summed E-state index contributed by atoms with van der Waals surface area (Å²) in [4.78, 5) is 29.1. The average Bonchev–Trinajstić information content (AvgIpc) is 2.69. The van der Waals surface area contributed by atoms with Gasteiger partial charge in [0.2, 0.25) is 5.91 Å². The third-order valence-electron chi connectivity index (χ3n) is 4.03. The molecular formula is C21H24N4O2. The number of amides is 1. The summed E-state index contributed by atoms with van der Waals surface area (Å²) >= 11 is 0. The highest BCUT2D eigenvalue weighted by atomic mass is 16.1. The fraction of sp³-hybridized carbons (Fsp3) is 0.333. The van der Waals surface area contributed by atoms with Crippen LogP contribution >= 0.6 is 0 Å². The number of Topliss-reactive ketones (excluding diaryl/α,β-unsaturated/α-hetero) is 1. The maximum absolute atomic E-state index is 12.9. The topological polar surface area (TPSA) is 94.9 Å². The minimum Gasteiger partial charge on any atom is -0.372 e. The van der Waals surface area contributed by atoms with Crippen LogP contribution in [0, 0.1) is 11.3 Å². The zero-order valence-corrected chi connectivity index (χ0v) is 15.7. The van der Waals surface area contributed by atoms with E-state index in [1.807, 2.05) is 38.1 Å². The lowest BCUT2D eigenvalue weighted by Crippen LogP contribution is -2.30. The van der Waals surface area contributed by atoms with Gasteiger partial charge in [0.15, 0.2) is 11.6 Å². The first kappa shape index (κ1) is 20.1. The fourth-order valence-corrected chi connectivity index (χ4v) is 2.70. The van der Waals surface area contributed by atoms with Crippen LogP contribution < -0.4 is 10.6 Å². The Morgan fingerprint density at radius 2 is 1.85 bits per heavy atom. The van der Waals surface area contributed by atoms with Gasteiger partial charge in [-0.25, -0.2) is 4.98 Å². The minimum atomic E-state index is -0.450. The molecule has 140 valence electrons. The van der Waals surface area contributed by atoms with Gasteiger partial charge in [-0.2, -0.15) is 5.26 Å². The van der Waals surface area contributed by atoms with Crippen molar-refractivity contribution in [3.8, 4) is 6.07 Å². The van der Waals surface area contributed by atoms with Crippen LogP contribution in [-0.4, -0.2) is 22.7 Å². The molecule has 0 saturated heterocycles. The molecule has 1 atom stereocenters. The first-order valence-electron chi connectivity index (χ1n) is 9.15. The van der Waals surface area contributed by atoms with Crippen LogP contribution in [0.5, 0.6) is 0 Å². The normalized spacial score (nSPS) is 11.3. The van der Waals surface area contributed by atoms with Crippen LogP contribution in [0.25, 0.3) is 0 Å². The first-order valence-corrected chi connectivity index (χ1v) is 9.15. The molecule has 1 amide bonds. The van der Waals surface area contributed by atoms with Crippen molar-refractivity contribution >= 4 is 23.2 Å². The maximum atomic E-state index is 12.9. The first-order chi connectivity index (χ1) is 13.1. The van der Waals surface area contributed by atoms with E-state index in [2.05, 4.69) is 15.6 Å². The smallest absolute Gasteiger partial charge is 0.225 e. The molecule has 1 aromatic heterocycles. The van der Waals surface area contributed by atoms with Crippen molar-refractivity contribution in [3.63, 3.8) is 0 Å². The van der Waals surface area contributed by atoms with E-state index < -0.39 is 6.04 Å². The molecule has 27 heavy (non-hydrogen) atoms. The van der Waals surface area contributed by atoms with Crippen molar-refractivity contribution in [2.24, 2.45) is 0 Å². The molecule has 0 saturated carbocycles. The van der Waals surface area contributed by atoms with Crippen LogP contribution in [-0.2, 0) is 4.79 Å². The standard InChI is InChI=1S/C21H24N4O2/c1-3-8-17(20(27)15-10-6-5-7-11-15)24-18-13-12-16(14-22)23-21(18)25-19(26)9-4-2/h5-7,10-13,17,24H,3-4,8-9H2,1-2H3,(H,23,25,26). The SMILES string of the molecule is CCCC(=O)Nc1nc(C#N)ccc1NC(CCC)C(=O)c1ccccc1. The third kappa shape index (κ3) is 5.65. The van der Waals surface area contributed by atoms with Gasteiger partial charge in [0.1, 0.15) is 11.8 Å². The van der Waals surface area contributed by atoms with Crippen LogP contribution in [0.2, 0.25) is 0 Å². The van der Waals surface area contributed by atoms with Gasteiger partial charge in [0.05, 0.1) is 11.7 Å². The lowest BCUT2D eigenvalue weighted by Gasteiger charge is -2.20. The summed E-state index contributed by atoms with van der Waals surface area (Å²) in [7, 11) is 0. The number of benzene rings is 1. The summed E-state index contributed by atoms with van der Waals surface area (Å²) in [5.41, 5.74) is 1.36. The quantitative estimate of drug-likeness (QED) is 0.652. The van der Waals surface area contributed by atoms with Crippen molar-refractivity contribution < 1.29 is 9.59 Å². The number of rotatable bonds is 9. The monoisotopic (exact) mass is 364 g/mol.